The third-order valence-electron chi connectivity index (χ3n) is 4.32. The first-order valence-corrected chi connectivity index (χ1v) is 9.42. The predicted octanol–water partition coefficient (Wildman–Crippen LogP) is 6.56. The molecule has 0 aliphatic heterocycles. The number of hydrogen-bond donors (Lipinski definition) is 1. The number of rotatable bonds is 7. The van der Waals surface area contributed by atoms with E-state index in [0.717, 1.165) is 11.1 Å². The summed E-state index contributed by atoms with van der Waals surface area (Å²) in [6, 6.07) is 20.2. The lowest BCUT2D eigenvalue weighted by Gasteiger charge is -2.17. The van der Waals surface area contributed by atoms with Crippen molar-refractivity contribution in [3.63, 3.8) is 0 Å². The highest BCUT2D eigenvalue weighted by molar-refractivity contribution is 6.31. The van der Waals surface area contributed by atoms with E-state index in [-0.39, 0.29) is 18.5 Å². The quantitative estimate of drug-likeness (QED) is 0.481. The third-order valence-corrected chi connectivity index (χ3v) is 4.91. The summed E-state index contributed by atoms with van der Waals surface area (Å²) in [5.41, 5.74) is 2.88. The molecule has 0 saturated carbocycles. The molecule has 0 spiro atoms. The zero-order valence-electron chi connectivity index (χ0n) is 14.9. The van der Waals surface area contributed by atoms with E-state index < -0.39 is 0 Å². The largest absolute Gasteiger partial charge is 0.489 e. The van der Waals surface area contributed by atoms with Gasteiger partial charge in [-0.15, -0.1) is 0 Å². The van der Waals surface area contributed by atoms with Crippen molar-refractivity contribution in [1.29, 1.82) is 0 Å². The minimum absolute atomic E-state index is 0.185. The third kappa shape index (κ3) is 5.46. The Kier molecular flexibility index (Phi) is 6.73. The molecule has 3 rings (SSSR count). The highest BCUT2D eigenvalue weighted by atomic mass is 35.5. The fourth-order valence-electron chi connectivity index (χ4n) is 2.74. The van der Waals surface area contributed by atoms with E-state index in [9.17, 15) is 4.39 Å². The average Bonchev–Trinajstić information content (AvgIpc) is 2.67. The van der Waals surface area contributed by atoms with Gasteiger partial charge in [0.1, 0.15) is 18.2 Å². The SMILES string of the molecule is C[C@@H](NCc1cc(Cl)ccc1OCc1ccc(F)cc1Cl)c1ccccc1. The maximum Gasteiger partial charge on any atom is 0.124 e. The summed E-state index contributed by atoms with van der Waals surface area (Å²) in [4.78, 5) is 0. The summed E-state index contributed by atoms with van der Waals surface area (Å²) < 4.78 is 19.1. The summed E-state index contributed by atoms with van der Waals surface area (Å²) in [6.07, 6.45) is 0. The normalized spacial score (nSPS) is 12.0. The Morgan fingerprint density at radius 2 is 1.74 bits per heavy atom. The van der Waals surface area contributed by atoms with Gasteiger partial charge in [-0.3, -0.25) is 0 Å². The van der Waals surface area contributed by atoms with Gasteiger partial charge in [-0.25, -0.2) is 4.39 Å². The summed E-state index contributed by atoms with van der Waals surface area (Å²) in [7, 11) is 0. The van der Waals surface area contributed by atoms with Gasteiger partial charge in [0.2, 0.25) is 0 Å². The van der Waals surface area contributed by atoms with Gasteiger partial charge in [0.15, 0.2) is 0 Å². The number of ether oxygens (including phenoxy) is 1. The zero-order chi connectivity index (χ0) is 19.2. The molecule has 0 amide bonds. The van der Waals surface area contributed by atoms with Gasteiger partial charge in [-0.1, -0.05) is 59.6 Å². The fourth-order valence-corrected chi connectivity index (χ4v) is 3.16. The van der Waals surface area contributed by atoms with Crippen LogP contribution < -0.4 is 10.1 Å². The molecule has 1 atom stereocenters. The Morgan fingerprint density at radius 1 is 0.963 bits per heavy atom. The first-order valence-electron chi connectivity index (χ1n) is 8.66. The molecular formula is C22H20Cl2FNO. The van der Waals surface area contributed by atoms with Crippen molar-refractivity contribution < 1.29 is 9.13 Å². The molecule has 0 heterocycles. The molecule has 0 unspecified atom stereocenters. The second kappa shape index (κ2) is 9.23. The van der Waals surface area contributed by atoms with Crippen molar-refractivity contribution in [3.8, 4) is 5.75 Å². The molecule has 0 saturated heterocycles. The molecule has 5 heteroatoms. The van der Waals surface area contributed by atoms with Crippen molar-refractivity contribution in [1.82, 2.24) is 5.32 Å². The summed E-state index contributed by atoms with van der Waals surface area (Å²) in [5.74, 6) is 0.350. The predicted molar refractivity (Wildman–Crippen MR) is 109 cm³/mol. The Bertz CT molecular complexity index is 902. The average molecular weight is 404 g/mol. The van der Waals surface area contributed by atoms with Crippen molar-refractivity contribution in [2.24, 2.45) is 0 Å². The smallest absolute Gasteiger partial charge is 0.124 e. The van der Waals surface area contributed by atoms with Crippen LogP contribution in [0.15, 0.2) is 66.7 Å². The van der Waals surface area contributed by atoms with Gasteiger partial charge in [-0.05, 0) is 42.8 Å². The number of nitrogens with one attached hydrogen (secondary N) is 1. The Morgan fingerprint density at radius 3 is 2.48 bits per heavy atom. The van der Waals surface area contributed by atoms with Gasteiger partial charge in [0.25, 0.3) is 0 Å². The van der Waals surface area contributed by atoms with Crippen LogP contribution in [-0.4, -0.2) is 0 Å². The van der Waals surface area contributed by atoms with E-state index in [4.69, 9.17) is 27.9 Å². The van der Waals surface area contributed by atoms with Crippen LogP contribution in [0.25, 0.3) is 0 Å². The van der Waals surface area contributed by atoms with E-state index in [1.54, 1.807) is 12.1 Å². The number of hydrogen-bond acceptors (Lipinski definition) is 2. The van der Waals surface area contributed by atoms with Crippen LogP contribution in [0.3, 0.4) is 0 Å². The monoisotopic (exact) mass is 403 g/mol. The second-order valence-electron chi connectivity index (χ2n) is 6.29. The lowest BCUT2D eigenvalue weighted by molar-refractivity contribution is 0.301. The van der Waals surface area contributed by atoms with Gasteiger partial charge in [-0.2, -0.15) is 0 Å². The van der Waals surface area contributed by atoms with Crippen LogP contribution in [0.5, 0.6) is 5.75 Å². The van der Waals surface area contributed by atoms with Gasteiger partial charge < -0.3 is 10.1 Å². The lowest BCUT2D eigenvalue weighted by Crippen LogP contribution is -2.18. The van der Waals surface area contributed by atoms with E-state index in [2.05, 4.69) is 24.4 Å². The Labute approximate surface area is 168 Å². The standard InChI is InChI=1S/C22H20Cl2FNO/c1-15(16-5-3-2-4-6-16)26-13-18-11-19(23)8-10-22(18)27-14-17-7-9-20(25)12-21(17)24/h2-12,15,26H,13-14H2,1H3/t15-/m1/s1. The maximum absolute atomic E-state index is 13.2. The first kappa shape index (κ1) is 19.7. The molecule has 0 fully saturated rings. The summed E-state index contributed by atoms with van der Waals surface area (Å²) in [5, 5.41) is 4.48. The van der Waals surface area contributed by atoms with Crippen molar-refractivity contribution >= 4 is 23.2 Å². The van der Waals surface area contributed by atoms with E-state index in [0.29, 0.717) is 22.3 Å². The van der Waals surface area contributed by atoms with Crippen LogP contribution >= 0.6 is 23.2 Å². The molecule has 27 heavy (non-hydrogen) atoms. The molecule has 2 nitrogen and oxygen atoms in total. The van der Waals surface area contributed by atoms with Gasteiger partial charge >= 0.3 is 0 Å². The maximum atomic E-state index is 13.2. The Hall–Kier alpha value is -2.07. The molecule has 3 aromatic rings. The van der Waals surface area contributed by atoms with Crippen LogP contribution in [0.4, 0.5) is 4.39 Å². The molecule has 0 bridgehead atoms. The van der Waals surface area contributed by atoms with Crippen molar-refractivity contribution in [2.75, 3.05) is 0 Å². The number of benzene rings is 3. The van der Waals surface area contributed by atoms with Crippen LogP contribution in [0, 0.1) is 5.82 Å². The molecule has 0 aliphatic rings. The zero-order valence-corrected chi connectivity index (χ0v) is 16.4. The molecule has 1 N–H and O–H groups in total. The van der Waals surface area contributed by atoms with E-state index >= 15 is 0 Å². The van der Waals surface area contributed by atoms with E-state index in [1.165, 1.54) is 17.7 Å². The van der Waals surface area contributed by atoms with Crippen molar-refractivity contribution in [2.45, 2.75) is 26.1 Å². The van der Waals surface area contributed by atoms with Gasteiger partial charge in [0, 0.05) is 28.7 Å². The lowest BCUT2D eigenvalue weighted by atomic mass is 10.1. The second-order valence-corrected chi connectivity index (χ2v) is 7.13. The van der Waals surface area contributed by atoms with E-state index in [1.807, 2.05) is 30.3 Å². The molecule has 0 aromatic heterocycles. The van der Waals surface area contributed by atoms with Crippen LogP contribution in [-0.2, 0) is 13.2 Å². The molecule has 3 aromatic carbocycles. The molecule has 140 valence electrons. The van der Waals surface area contributed by atoms with Gasteiger partial charge in [0.05, 0.1) is 5.02 Å². The highest BCUT2D eigenvalue weighted by Gasteiger charge is 2.10. The van der Waals surface area contributed by atoms with Crippen LogP contribution in [0.2, 0.25) is 10.0 Å². The first-order chi connectivity index (χ1) is 13.0. The minimum Gasteiger partial charge on any atom is -0.489 e. The number of halogens is 3. The highest BCUT2D eigenvalue weighted by Crippen LogP contribution is 2.26. The molecule has 0 aliphatic carbocycles. The molecular weight excluding hydrogens is 384 g/mol. The minimum atomic E-state index is -0.366. The van der Waals surface area contributed by atoms with Crippen LogP contribution in [0.1, 0.15) is 29.7 Å². The Balaban J connectivity index is 1.69. The molecule has 0 radical (unpaired) electrons. The summed E-state index contributed by atoms with van der Waals surface area (Å²) >= 11 is 12.2. The topological polar surface area (TPSA) is 21.3 Å². The fraction of sp³-hybridized carbons (Fsp3) is 0.182. The summed E-state index contributed by atoms with van der Waals surface area (Å²) in [6.45, 7) is 2.96. The van der Waals surface area contributed by atoms with Crippen molar-refractivity contribution in [3.05, 3.63) is 99.3 Å².